The molecule has 0 fully saturated rings. The molecular formula is C13H19NO3. The molecule has 4 heteroatoms. The summed E-state index contributed by atoms with van der Waals surface area (Å²) < 4.78 is 0. The van der Waals surface area contributed by atoms with Crippen LogP contribution >= 0.6 is 0 Å². The molecule has 0 saturated heterocycles. The summed E-state index contributed by atoms with van der Waals surface area (Å²) in [5.74, 6) is -0.682. The van der Waals surface area contributed by atoms with Crippen molar-refractivity contribution in [1.82, 2.24) is 0 Å². The number of hydrogen-bond acceptors (Lipinski definition) is 2. The summed E-state index contributed by atoms with van der Waals surface area (Å²) >= 11 is 0. The Morgan fingerprint density at radius 3 is 2.24 bits per heavy atom. The molecule has 0 aliphatic carbocycles. The average Bonchev–Trinajstić information content (AvgIpc) is 2.31. The van der Waals surface area contributed by atoms with E-state index >= 15 is 0 Å². The van der Waals surface area contributed by atoms with E-state index in [1.165, 1.54) is 0 Å². The first-order valence-electron chi connectivity index (χ1n) is 5.37. The van der Waals surface area contributed by atoms with E-state index in [-0.39, 0.29) is 5.48 Å². The van der Waals surface area contributed by atoms with Crippen LogP contribution in [0.1, 0.15) is 38.2 Å². The van der Waals surface area contributed by atoms with Crippen molar-refractivity contribution in [2.45, 2.75) is 32.6 Å². The summed E-state index contributed by atoms with van der Waals surface area (Å²) in [7, 11) is 0. The Labute approximate surface area is 102 Å². The first kappa shape index (κ1) is 17.5. The van der Waals surface area contributed by atoms with E-state index in [0.29, 0.717) is 12.0 Å². The Morgan fingerprint density at radius 2 is 1.88 bits per heavy atom. The summed E-state index contributed by atoms with van der Waals surface area (Å²) in [4.78, 5) is 9.87. The topological polar surface area (TPSA) is 92.6 Å². The number of carbonyl (C=O) groups is 1. The first-order valence-corrected chi connectivity index (χ1v) is 5.37. The number of aliphatic carboxylic acids is 1. The van der Waals surface area contributed by atoms with Crippen LogP contribution in [0.3, 0.4) is 0 Å². The van der Waals surface area contributed by atoms with Crippen LogP contribution in [0, 0.1) is 11.3 Å². The third-order valence-electron chi connectivity index (χ3n) is 1.90. The molecule has 0 heterocycles. The molecule has 0 amide bonds. The van der Waals surface area contributed by atoms with E-state index in [4.69, 9.17) is 10.4 Å². The normalized spacial score (nSPS) is 8.00. The van der Waals surface area contributed by atoms with E-state index in [1.54, 1.807) is 12.1 Å². The highest BCUT2D eigenvalue weighted by atomic mass is 16.4. The second-order valence-corrected chi connectivity index (χ2v) is 3.33. The molecule has 0 radical (unpaired) electrons. The third kappa shape index (κ3) is 12.1. The molecule has 0 aromatic heterocycles. The number of benzene rings is 1. The molecule has 94 valence electrons. The molecule has 0 bridgehead atoms. The minimum Gasteiger partial charge on any atom is -0.481 e. The van der Waals surface area contributed by atoms with E-state index < -0.39 is 5.97 Å². The highest BCUT2D eigenvalue weighted by Crippen LogP contribution is 1.97. The van der Waals surface area contributed by atoms with E-state index in [0.717, 1.165) is 19.3 Å². The summed E-state index contributed by atoms with van der Waals surface area (Å²) in [6.45, 7) is 2.06. The smallest absolute Gasteiger partial charge is 0.303 e. The van der Waals surface area contributed by atoms with Crippen LogP contribution in [-0.2, 0) is 4.79 Å². The minimum absolute atomic E-state index is 0. The van der Waals surface area contributed by atoms with Gasteiger partial charge in [-0.25, -0.2) is 0 Å². The fraction of sp³-hybridized carbons (Fsp3) is 0.385. The fourth-order valence-corrected chi connectivity index (χ4v) is 1.04. The van der Waals surface area contributed by atoms with Gasteiger partial charge in [0.2, 0.25) is 0 Å². The molecule has 0 aliphatic heterocycles. The van der Waals surface area contributed by atoms with E-state index in [1.807, 2.05) is 24.3 Å². The van der Waals surface area contributed by atoms with Gasteiger partial charge in [-0.1, -0.05) is 38.0 Å². The van der Waals surface area contributed by atoms with Gasteiger partial charge in [0.25, 0.3) is 0 Å². The molecule has 0 spiro atoms. The van der Waals surface area contributed by atoms with Crippen LogP contribution in [0.25, 0.3) is 0 Å². The standard InChI is InChI=1S/C7H5N.C6H12O2.H2O/c8-6-7-4-2-1-3-5-7;1-2-3-4-5-6(7)8;/h1-5H;2-5H2,1H3,(H,7,8);1H2. The van der Waals surface area contributed by atoms with Crippen molar-refractivity contribution in [3.05, 3.63) is 35.9 Å². The quantitative estimate of drug-likeness (QED) is 0.815. The van der Waals surface area contributed by atoms with Crippen LogP contribution in [-0.4, -0.2) is 16.6 Å². The summed E-state index contributed by atoms with van der Waals surface area (Å²) in [6.07, 6.45) is 3.28. The Kier molecular flexibility index (Phi) is 12.6. The predicted octanol–water partition coefficient (Wildman–Crippen LogP) is 2.38. The van der Waals surface area contributed by atoms with Crippen LogP contribution < -0.4 is 0 Å². The lowest BCUT2D eigenvalue weighted by molar-refractivity contribution is -0.137. The van der Waals surface area contributed by atoms with Crippen LogP contribution in [0.15, 0.2) is 30.3 Å². The maximum atomic E-state index is 9.87. The van der Waals surface area contributed by atoms with Gasteiger partial charge < -0.3 is 10.6 Å². The molecular weight excluding hydrogens is 218 g/mol. The highest BCUT2D eigenvalue weighted by molar-refractivity contribution is 5.66. The van der Waals surface area contributed by atoms with Crippen molar-refractivity contribution in [2.75, 3.05) is 0 Å². The zero-order valence-corrected chi connectivity index (χ0v) is 10.0. The maximum Gasteiger partial charge on any atom is 0.303 e. The van der Waals surface area contributed by atoms with Crippen molar-refractivity contribution in [1.29, 1.82) is 5.26 Å². The van der Waals surface area contributed by atoms with Crippen molar-refractivity contribution >= 4 is 5.97 Å². The molecule has 3 N–H and O–H groups in total. The Balaban J connectivity index is 0. The van der Waals surface area contributed by atoms with Gasteiger partial charge in [-0.05, 0) is 18.6 Å². The Morgan fingerprint density at radius 1 is 1.29 bits per heavy atom. The lowest BCUT2D eigenvalue weighted by Crippen LogP contribution is -1.92. The summed E-state index contributed by atoms with van der Waals surface area (Å²) in [5, 5.41) is 16.4. The third-order valence-corrected chi connectivity index (χ3v) is 1.90. The molecule has 1 aromatic carbocycles. The van der Waals surface area contributed by atoms with Gasteiger partial charge in [-0.15, -0.1) is 0 Å². The number of nitrogens with zero attached hydrogens (tertiary/aromatic N) is 1. The maximum absolute atomic E-state index is 9.87. The highest BCUT2D eigenvalue weighted by Gasteiger charge is 1.92. The van der Waals surface area contributed by atoms with Gasteiger partial charge in [0.05, 0.1) is 11.6 Å². The van der Waals surface area contributed by atoms with Gasteiger partial charge in [0.1, 0.15) is 0 Å². The molecule has 0 unspecified atom stereocenters. The molecule has 1 rings (SSSR count). The molecule has 1 aromatic rings. The van der Waals surface area contributed by atoms with Gasteiger partial charge in [0, 0.05) is 6.42 Å². The lowest BCUT2D eigenvalue weighted by atomic mass is 10.2. The average molecular weight is 237 g/mol. The SMILES string of the molecule is CCCCCC(=O)O.N#Cc1ccccc1.O. The predicted molar refractivity (Wildman–Crippen MR) is 66.5 cm³/mol. The van der Waals surface area contributed by atoms with Gasteiger partial charge in [-0.2, -0.15) is 5.26 Å². The van der Waals surface area contributed by atoms with Crippen LogP contribution in [0.5, 0.6) is 0 Å². The zero-order chi connectivity index (χ0) is 12.2. The fourth-order valence-electron chi connectivity index (χ4n) is 1.04. The van der Waals surface area contributed by atoms with Crippen LogP contribution in [0.2, 0.25) is 0 Å². The number of hydrogen-bond donors (Lipinski definition) is 1. The van der Waals surface area contributed by atoms with Crippen LogP contribution in [0.4, 0.5) is 0 Å². The number of rotatable bonds is 4. The van der Waals surface area contributed by atoms with E-state index in [2.05, 4.69) is 6.92 Å². The Hall–Kier alpha value is -1.86. The minimum atomic E-state index is -0.682. The number of carboxylic acids is 1. The van der Waals surface area contributed by atoms with Crippen molar-refractivity contribution in [2.24, 2.45) is 0 Å². The van der Waals surface area contributed by atoms with E-state index in [9.17, 15) is 4.79 Å². The summed E-state index contributed by atoms with van der Waals surface area (Å²) in [5.41, 5.74) is 0.715. The number of carboxylic acid groups (broad SMARTS) is 1. The molecule has 0 aliphatic rings. The van der Waals surface area contributed by atoms with Gasteiger partial charge in [-0.3, -0.25) is 4.79 Å². The summed E-state index contributed by atoms with van der Waals surface area (Å²) in [6, 6.07) is 11.2. The molecule has 17 heavy (non-hydrogen) atoms. The Bertz CT molecular complexity index is 330. The van der Waals surface area contributed by atoms with Gasteiger partial charge >= 0.3 is 5.97 Å². The number of unbranched alkanes of at least 4 members (excludes halogenated alkanes) is 2. The van der Waals surface area contributed by atoms with Crippen molar-refractivity contribution in [3.63, 3.8) is 0 Å². The van der Waals surface area contributed by atoms with Crippen molar-refractivity contribution in [3.8, 4) is 6.07 Å². The largest absolute Gasteiger partial charge is 0.481 e. The number of nitriles is 1. The lowest BCUT2D eigenvalue weighted by Gasteiger charge is -1.89. The first-order chi connectivity index (χ1) is 7.70. The van der Waals surface area contributed by atoms with Crippen molar-refractivity contribution < 1.29 is 15.4 Å². The van der Waals surface area contributed by atoms with Gasteiger partial charge in [0.15, 0.2) is 0 Å². The molecule has 4 nitrogen and oxygen atoms in total. The second-order valence-electron chi connectivity index (χ2n) is 3.33. The molecule has 0 saturated carbocycles. The zero-order valence-electron chi connectivity index (χ0n) is 10.0. The molecule has 0 atom stereocenters. The second kappa shape index (κ2) is 12.2. The monoisotopic (exact) mass is 237 g/mol.